The monoisotopic (exact) mass is 337 g/mol. The molecule has 0 N–H and O–H groups in total. The van der Waals surface area contributed by atoms with Crippen LogP contribution in [-0.4, -0.2) is 56.4 Å². The van der Waals surface area contributed by atoms with Crippen LogP contribution < -0.4 is 0 Å². The maximum Gasteiger partial charge on any atom is 0.325 e. The number of ether oxygens (including phenoxy) is 3. The molecule has 0 spiro atoms. The van der Waals surface area contributed by atoms with Gasteiger partial charge in [-0.15, -0.1) is 0 Å². The lowest BCUT2D eigenvalue weighted by Crippen LogP contribution is -2.45. The van der Waals surface area contributed by atoms with Crippen LogP contribution in [0.5, 0.6) is 0 Å². The van der Waals surface area contributed by atoms with E-state index < -0.39 is 6.04 Å². The van der Waals surface area contributed by atoms with Gasteiger partial charge < -0.3 is 14.2 Å². The summed E-state index contributed by atoms with van der Waals surface area (Å²) in [5.41, 5.74) is 1.05. The summed E-state index contributed by atoms with van der Waals surface area (Å²) in [6.07, 6.45) is 0.209. The van der Waals surface area contributed by atoms with E-state index in [2.05, 4.69) is 0 Å². The van der Waals surface area contributed by atoms with Crippen LogP contribution in [0.1, 0.15) is 25.8 Å². The number of benzene rings is 1. The van der Waals surface area contributed by atoms with E-state index in [1.54, 1.807) is 13.8 Å². The van der Waals surface area contributed by atoms with Crippen molar-refractivity contribution in [2.24, 2.45) is 0 Å². The average molecular weight is 337 g/mol. The average Bonchev–Trinajstić information content (AvgIpc) is 2.58. The van der Waals surface area contributed by atoms with Gasteiger partial charge in [-0.25, -0.2) is 0 Å². The standard InChI is InChI=1S/C18H27NO5/c1-4-23-17(20)11-12-19(13-15-9-7-6-8-10-15)16(14-22-3)18(21)24-5-2/h6-10,16H,4-5,11-14H2,1-3H3/t16-/m1/s1. The Morgan fingerprint density at radius 2 is 1.75 bits per heavy atom. The first-order chi connectivity index (χ1) is 11.6. The largest absolute Gasteiger partial charge is 0.466 e. The molecule has 0 bridgehead atoms. The molecule has 0 aromatic heterocycles. The van der Waals surface area contributed by atoms with Crippen molar-refractivity contribution in [1.29, 1.82) is 0 Å². The molecule has 0 amide bonds. The number of carbonyl (C=O) groups excluding carboxylic acids is 2. The summed E-state index contributed by atoms with van der Waals surface area (Å²) in [6, 6.07) is 9.20. The lowest BCUT2D eigenvalue weighted by atomic mass is 10.1. The van der Waals surface area contributed by atoms with Crippen molar-refractivity contribution in [2.75, 3.05) is 33.5 Å². The summed E-state index contributed by atoms with van der Waals surface area (Å²) in [7, 11) is 1.54. The minimum atomic E-state index is -0.565. The van der Waals surface area contributed by atoms with E-state index in [9.17, 15) is 9.59 Å². The highest BCUT2D eigenvalue weighted by atomic mass is 16.5. The fourth-order valence-corrected chi connectivity index (χ4v) is 2.35. The lowest BCUT2D eigenvalue weighted by Gasteiger charge is -2.29. The van der Waals surface area contributed by atoms with Crippen LogP contribution in [0.3, 0.4) is 0 Å². The smallest absolute Gasteiger partial charge is 0.325 e. The molecule has 6 heteroatoms. The molecule has 1 rings (SSSR count). The predicted octanol–water partition coefficient (Wildman–Crippen LogP) is 2.02. The predicted molar refractivity (Wildman–Crippen MR) is 90.4 cm³/mol. The van der Waals surface area contributed by atoms with E-state index in [1.807, 2.05) is 35.2 Å². The van der Waals surface area contributed by atoms with Gasteiger partial charge in [0.1, 0.15) is 6.04 Å². The molecule has 24 heavy (non-hydrogen) atoms. The second kappa shape index (κ2) is 11.6. The third-order valence-electron chi connectivity index (χ3n) is 3.46. The molecule has 0 heterocycles. The van der Waals surface area contributed by atoms with Crippen molar-refractivity contribution in [3.05, 3.63) is 35.9 Å². The molecule has 0 radical (unpaired) electrons. The maximum absolute atomic E-state index is 12.3. The molecule has 134 valence electrons. The fourth-order valence-electron chi connectivity index (χ4n) is 2.35. The Hall–Kier alpha value is -1.92. The zero-order chi connectivity index (χ0) is 17.8. The highest BCUT2D eigenvalue weighted by Gasteiger charge is 2.28. The van der Waals surface area contributed by atoms with Crippen molar-refractivity contribution in [3.63, 3.8) is 0 Å². The highest BCUT2D eigenvalue weighted by molar-refractivity contribution is 5.76. The van der Waals surface area contributed by atoms with Crippen LogP contribution in [-0.2, 0) is 30.3 Å². The van der Waals surface area contributed by atoms with Crippen LogP contribution >= 0.6 is 0 Å². The molecule has 6 nitrogen and oxygen atoms in total. The summed E-state index contributed by atoms with van der Waals surface area (Å²) < 4.78 is 15.3. The third-order valence-corrected chi connectivity index (χ3v) is 3.46. The molecule has 0 saturated carbocycles. The first-order valence-electron chi connectivity index (χ1n) is 8.21. The second-order valence-corrected chi connectivity index (χ2v) is 5.23. The van der Waals surface area contributed by atoms with E-state index >= 15 is 0 Å². The molecule has 0 saturated heterocycles. The van der Waals surface area contributed by atoms with Gasteiger partial charge in [0.15, 0.2) is 0 Å². The molecular formula is C18H27NO5. The summed E-state index contributed by atoms with van der Waals surface area (Å²) >= 11 is 0. The van der Waals surface area contributed by atoms with Gasteiger partial charge in [-0.05, 0) is 19.4 Å². The molecule has 0 fully saturated rings. The summed E-state index contributed by atoms with van der Waals surface area (Å²) in [4.78, 5) is 25.9. The van der Waals surface area contributed by atoms with Crippen molar-refractivity contribution >= 4 is 11.9 Å². The van der Waals surface area contributed by atoms with Crippen molar-refractivity contribution < 1.29 is 23.8 Å². The zero-order valence-electron chi connectivity index (χ0n) is 14.7. The van der Waals surface area contributed by atoms with E-state index in [1.165, 1.54) is 7.11 Å². The molecule has 0 aliphatic heterocycles. The topological polar surface area (TPSA) is 65.1 Å². The van der Waals surface area contributed by atoms with E-state index in [-0.39, 0.29) is 25.0 Å². The lowest BCUT2D eigenvalue weighted by molar-refractivity contribution is -0.153. The maximum atomic E-state index is 12.3. The van der Waals surface area contributed by atoms with Crippen LogP contribution in [0.2, 0.25) is 0 Å². The molecule has 1 aromatic carbocycles. The van der Waals surface area contributed by atoms with Gasteiger partial charge >= 0.3 is 11.9 Å². The number of nitrogens with zero attached hydrogens (tertiary/aromatic N) is 1. The SMILES string of the molecule is CCOC(=O)CCN(Cc1ccccc1)[C@H](COC)C(=O)OCC. The van der Waals surface area contributed by atoms with Crippen LogP contribution in [0.15, 0.2) is 30.3 Å². The quantitative estimate of drug-likeness (QED) is 0.576. The normalized spacial score (nSPS) is 12.0. The van der Waals surface area contributed by atoms with Crippen LogP contribution in [0.25, 0.3) is 0 Å². The van der Waals surface area contributed by atoms with Gasteiger partial charge in [-0.1, -0.05) is 30.3 Å². The Morgan fingerprint density at radius 1 is 1.08 bits per heavy atom. The number of carbonyl (C=O) groups is 2. The Morgan fingerprint density at radius 3 is 2.33 bits per heavy atom. The summed E-state index contributed by atoms with van der Waals surface area (Å²) in [5, 5.41) is 0. The Balaban J connectivity index is 2.86. The molecule has 1 atom stereocenters. The third kappa shape index (κ3) is 7.10. The van der Waals surface area contributed by atoms with E-state index in [4.69, 9.17) is 14.2 Å². The van der Waals surface area contributed by atoms with Gasteiger partial charge in [0, 0.05) is 20.2 Å². The zero-order valence-corrected chi connectivity index (χ0v) is 14.7. The van der Waals surface area contributed by atoms with Crippen LogP contribution in [0.4, 0.5) is 0 Å². The minimum absolute atomic E-state index is 0.203. The molecular weight excluding hydrogens is 310 g/mol. The Bertz CT molecular complexity index is 491. The van der Waals surface area contributed by atoms with Gasteiger partial charge in [0.25, 0.3) is 0 Å². The number of methoxy groups -OCH3 is 1. The summed E-state index contributed by atoms with van der Waals surface area (Å²) in [6.45, 7) is 5.29. The van der Waals surface area contributed by atoms with Gasteiger partial charge in [0.05, 0.1) is 26.2 Å². The number of esters is 2. The van der Waals surface area contributed by atoms with E-state index in [0.717, 1.165) is 5.56 Å². The molecule has 0 aliphatic rings. The highest BCUT2D eigenvalue weighted by Crippen LogP contribution is 2.12. The number of hydrogen-bond donors (Lipinski definition) is 0. The first kappa shape index (κ1) is 20.1. The molecule has 0 aliphatic carbocycles. The van der Waals surface area contributed by atoms with Gasteiger partial charge in [-0.2, -0.15) is 0 Å². The number of hydrogen-bond acceptors (Lipinski definition) is 6. The van der Waals surface area contributed by atoms with Crippen molar-refractivity contribution in [2.45, 2.75) is 32.9 Å². The summed E-state index contributed by atoms with van der Waals surface area (Å²) in [5.74, 6) is -0.630. The van der Waals surface area contributed by atoms with Crippen molar-refractivity contribution in [3.8, 4) is 0 Å². The van der Waals surface area contributed by atoms with Crippen LogP contribution in [0, 0.1) is 0 Å². The van der Waals surface area contributed by atoms with E-state index in [0.29, 0.717) is 26.3 Å². The van der Waals surface area contributed by atoms with Gasteiger partial charge in [-0.3, -0.25) is 14.5 Å². The molecule has 1 aromatic rings. The molecule has 0 unspecified atom stereocenters. The first-order valence-corrected chi connectivity index (χ1v) is 8.21. The van der Waals surface area contributed by atoms with Crippen molar-refractivity contribution in [1.82, 2.24) is 4.90 Å². The Kier molecular flexibility index (Phi) is 9.72. The minimum Gasteiger partial charge on any atom is -0.466 e. The Labute approximate surface area is 143 Å². The fraction of sp³-hybridized carbons (Fsp3) is 0.556. The second-order valence-electron chi connectivity index (χ2n) is 5.23. The van der Waals surface area contributed by atoms with Gasteiger partial charge in [0.2, 0.25) is 0 Å². The number of rotatable bonds is 11.